The fraction of sp³-hybridized carbons (Fsp3) is 0.100. The molecule has 0 bridgehead atoms. The number of Topliss-reactive ketones (excluding diaryl/α,β-unsaturated/α-hetero) is 1. The van der Waals surface area contributed by atoms with Crippen molar-refractivity contribution in [2.24, 2.45) is 0 Å². The van der Waals surface area contributed by atoms with Gasteiger partial charge in [0.2, 0.25) is 0 Å². The maximum Gasteiger partial charge on any atom is 0.174 e. The zero-order chi connectivity index (χ0) is 11.4. The minimum atomic E-state index is 0.0904. The molecular formula is C10H7BrN2OS2. The largest absolute Gasteiger partial charge is 0.293 e. The molecular weight excluding hydrogens is 308 g/mol. The number of nitrogens with zero attached hydrogens (tertiary/aromatic N) is 2. The van der Waals surface area contributed by atoms with Crippen LogP contribution in [-0.2, 0) is 0 Å². The topological polar surface area (TPSA) is 42.9 Å². The van der Waals surface area contributed by atoms with E-state index in [1.165, 1.54) is 29.6 Å². The summed E-state index contributed by atoms with van der Waals surface area (Å²) in [6.07, 6.45) is 1.50. The van der Waals surface area contributed by atoms with E-state index in [9.17, 15) is 4.79 Å². The van der Waals surface area contributed by atoms with E-state index in [0.29, 0.717) is 11.3 Å². The standard InChI is InChI=1S/C10H7BrN2OS2/c11-8-4-2-1-3-7(8)9(14)5-15-10-12-6-13-16-10/h1-4,6H,5H2. The molecule has 0 spiro atoms. The smallest absolute Gasteiger partial charge is 0.174 e. The molecule has 1 heterocycles. The fourth-order valence-electron chi connectivity index (χ4n) is 1.12. The summed E-state index contributed by atoms with van der Waals surface area (Å²) < 4.78 is 5.53. The van der Waals surface area contributed by atoms with Gasteiger partial charge in [-0.1, -0.05) is 45.9 Å². The lowest BCUT2D eigenvalue weighted by atomic mass is 10.1. The van der Waals surface area contributed by atoms with Crippen LogP contribution in [-0.4, -0.2) is 20.9 Å². The van der Waals surface area contributed by atoms with Crippen molar-refractivity contribution < 1.29 is 4.79 Å². The van der Waals surface area contributed by atoms with Gasteiger partial charge in [0.25, 0.3) is 0 Å². The molecule has 0 atom stereocenters. The maximum absolute atomic E-state index is 11.9. The summed E-state index contributed by atoms with van der Waals surface area (Å²) in [5.74, 6) is 0.477. The molecule has 1 aromatic heterocycles. The van der Waals surface area contributed by atoms with E-state index >= 15 is 0 Å². The van der Waals surface area contributed by atoms with Gasteiger partial charge in [-0.25, -0.2) is 4.98 Å². The molecule has 0 amide bonds. The van der Waals surface area contributed by atoms with Crippen LogP contribution in [0.3, 0.4) is 0 Å². The highest BCUT2D eigenvalue weighted by atomic mass is 79.9. The quantitative estimate of drug-likeness (QED) is 0.641. The van der Waals surface area contributed by atoms with Crippen molar-refractivity contribution in [3.05, 3.63) is 40.6 Å². The second kappa shape index (κ2) is 5.56. The van der Waals surface area contributed by atoms with E-state index in [1.807, 2.05) is 24.3 Å². The predicted molar refractivity (Wildman–Crippen MR) is 69.1 cm³/mol. The lowest BCUT2D eigenvalue weighted by molar-refractivity contribution is 0.102. The van der Waals surface area contributed by atoms with Gasteiger partial charge >= 0.3 is 0 Å². The van der Waals surface area contributed by atoms with Gasteiger partial charge < -0.3 is 0 Å². The molecule has 82 valence electrons. The molecule has 1 aromatic carbocycles. The van der Waals surface area contributed by atoms with E-state index in [-0.39, 0.29) is 5.78 Å². The highest BCUT2D eigenvalue weighted by Crippen LogP contribution is 2.22. The highest BCUT2D eigenvalue weighted by Gasteiger charge is 2.10. The first-order valence-electron chi connectivity index (χ1n) is 4.44. The molecule has 0 aliphatic heterocycles. The third kappa shape index (κ3) is 2.90. The molecule has 0 fully saturated rings. The van der Waals surface area contributed by atoms with Crippen molar-refractivity contribution in [3.63, 3.8) is 0 Å². The summed E-state index contributed by atoms with van der Waals surface area (Å²) in [7, 11) is 0. The van der Waals surface area contributed by atoms with E-state index in [1.54, 1.807) is 0 Å². The molecule has 0 N–H and O–H groups in total. The highest BCUT2D eigenvalue weighted by molar-refractivity contribution is 9.10. The lowest BCUT2D eigenvalue weighted by Crippen LogP contribution is -2.02. The summed E-state index contributed by atoms with van der Waals surface area (Å²) in [6.45, 7) is 0. The number of hydrogen-bond acceptors (Lipinski definition) is 5. The monoisotopic (exact) mass is 314 g/mol. The minimum Gasteiger partial charge on any atom is -0.293 e. The van der Waals surface area contributed by atoms with Crippen molar-refractivity contribution >= 4 is 45.0 Å². The molecule has 0 unspecified atom stereocenters. The van der Waals surface area contributed by atoms with E-state index in [4.69, 9.17) is 0 Å². The number of halogens is 1. The van der Waals surface area contributed by atoms with Crippen LogP contribution in [0.4, 0.5) is 0 Å². The van der Waals surface area contributed by atoms with Crippen molar-refractivity contribution in [1.82, 2.24) is 9.36 Å². The van der Waals surface area contributed by atoms with E-state index in [2.05, 4.69) is 25.3 Å². The van der Waals surface area contributed by atoms with Crippen molar-refractivity contribution in [1.29, 1.82) is 0 Å². The molecule has 2 rings (SSSR count). The number of aromatic nitrogens is 2. The van der Waals surface area contributed by atoms with Crippen LogP contribution >= 0.6 is 39.2 Å². The normalized spacial score (nSPS) is 10.3. The number of benzene rings is 1. The average Bonchev–Trinajstić information content (AvgIpc) is 2.79. The number of hydrogen-bond donors (Lipinski definition) is 0. The molecule has 16 heavy (non-hydrogen) atoms. The number of carbonyl (C=O) groups is 1. The summed E-state index contributed by atoms with van der Waals surface area (Å²) >= 11 is 6.08. The van der Waals surface area contributed by atoms with Crippen LogP contribution in [0, 0.1) is 0 Å². The Kier molecular flexibility index (Phi) is 4.09. The van der Waals surface area contributed by atoms with Crippen LogP contribution in [0.1, 0.15) is 10.4 Å². The first kappa shape index (κ1) is 11.8. The summed E-state index contributed by atoms with van der Waals surface area (Å²) in [6, 6.07) is 7.42. The van der Waals surface area contributed by atoms with Crippen LogP contribution in [0.5, 0.6) is 0 Å². The maximum atomic E-state index is 11.9. The van der Waals surface area contributed by atoms with Gasteiger partial charge in [-0.15, -0.1) is 0 Å². The Morgan fingerprint density at radius 2 is 2.25 bits per heavy atom. The number of thioether (sulfide) groups is 1. The van der Waals surface area contributed by atoms with Crippen LogP contribution in [0.15, 0.2) is 39.4 Å². The van der Waals surface area contributed by atoms with Gasteiger partial charge in [0.15, 0.2) is 10.1 Å². The number of carbonyl (C=O) groups excluding carboxylic acids is 1. The van der Waals surface area contributed by atoms with Crippen LogP contribution < -0.4 is 0 Å². The molecule has 0 aliphatic rings. The van der Waals surface area contributed by atoms with Crippen molar-refractivity contribution in [3.8, 4) is 0 Å². The molecule has 3 nitrogen and oxygen atoms in total. The van der Waals surface area contributed by atoms with Crippen LogP contribution in [0.25, 0.3) is 0 Å². The second-order valence-electron chi connectivity index (χ2n) is 2.90. The zero-order valence-electron chi connectivity index (χ0n) is 8.09. The number of rotatable bonds is 4. The Hall–Kier alpha value is -0.720. The summed E-state index contributed by atoms with van der Waals surface area (Å²) in [5.41, 5.74) is 0.708. The van der Waals surface area contributed by atoms with E-state index < -0.39 is 0 Å². The fourth-order valence-corrected chi connectivity index (χ4v) is 2.95. The van der Waals surface area contributed by atoms with Gasteiger partial charge in [-0.2, -0.15) is 4.37 Å². The lowest BCUT2D eigenvalue weighted by Gasteiger charge is -2.01. The number of ketones is 1. The zero-order valence-corrected chi connectivity index (χ0v) is 11.3. The third-order valence-electron chi connectivity index (χ3n) is 1.84. The minimum absolute atomic E-state index is 0.0904. The Bertz CT molecular complexity index is 487. The van der Waals surface area contributed by atoms with Gasteiger partial charge in [0, 0.05) is 10.0 Å². The van der Waals surface area contributed by atoms with Gasteiger partial charge in [0.1, 0.15) is 6.33 Å². The molecule has 0 saturated carbocycles. The molecule has 6 heteroatoms. The molecule has 0 radical (unpaired) electrons. The summed E-state index contributed by atoms with van der Waals surface area (Å²) in [4.78, 5) is 15.9. The molecule has 0 aliphatic carbocycles. The van der Waals surface area contributed by atoms with Gasteiger partial charge in [0.05, 0.1) is 5.75 Å². The third-order valence-corrected chi connectivity index (χ3v) is 4.33. The molecule has 2 aromatic rings. The SMILES string of the molecule is O=C(CSc1ncns1)c1ccccc1Br. The summed E-state index contributed by atoms with van der Waals surface area (Å²) in [5, 5.41) is 0. The van der Waals surface area contributed by atoms with Crippen molar-refractivity contribution in [2.75, 3.05) is 5.75 Å². The predicted octanol–water partition coefficient (Wildman–Crippen LogP) is 3.28. The van der Waals surface area contributed by atoms with E-state index in [0.717, 1.165) is 8.81 Å². The Balaban J connectivity index is 2.01. The van der Waals surface area contributed by atoms with Gasteiger partial charge in [-0.3, -0.25) is 4.79 Å². The second-order valence-corrected chi connectivity index (χ2v) is 5.76. The van der Waals surface area contributed by atoms with Crippen molar-refractivity contribution in [2.45, 2.75) is 4.34 Å². The molecule has 0 saturated heterocycles. The van der Waals surface area contributed by atoms with Crippen LogP contribution in [0.2, 0.25) is 0 Å². The Labute approximate surface area is 110 Å². The van der Waals surface area contributed by atoms with Gasteiger partial charge in [-0.05, 0) is 17.6 Å². The Morgan fingerprint density at radius 1 is 1.44 bits per heavy atom. The first-order chi connectivity index (χ1) is 7.77. The average molecular weight is 315 g/mol. The Morgan fingerprint density at radius 3 is 2.94 bits per heavy atom. The first-order valence-corrected chi connectivity index (χ1v) is 7.00.